The summed E-state index contributed by atoms with van der Waals surface area (Å²) in [6.07, 6.45) is 0.946. The maximum Gasteiger partial charge on any atom is 0.402 e. The Morgan fingerprint density at radius 3 is 2.93 bits per heavy atom. The van der Waals surface area contributed by atoms with Crippen molar-refractivity contribution in [2.24, 2.45) is 0 Å². The molecule has 1 rings (SSSR count). The van der Waals surface area contributed by atoms with E-state index in [-0.39, 0.29) is 5.69 Å². The SMILES string of the molecule is CCCSc1cccc(C(=O)O)[n+]1[O-]. The summed E-state index contributed by atoms with van der Waals surface area (Å²) in [5.74, 6) is -0.385. The van der Waals surface area contributed by atoms with E-state index in [2.05, 4.69) is 0 Å². The molecule has 1 aromatic heterocycles. The van der Waals surface area contributed by atoms with Gasteiger partial charge in [-0.3, -0.25) is 0 Å². The van der Waals surface area contributed by atoms with Crippen molar-refractivity contribution in [2.45, 2.75) is 18.4 Å². The molecule has 0 spiro atoms. The van der Waals surface area contributed by atoms with Crippen LogP contribution in [0.2, 0.25) is 0 Å². The zero-order valence-corrected chi connectivity index (χ0v) is 8.58. The number of nitrogens with zero attached hydrogens (tertiary/aromatic N) is 1. The van der Waals surface area contributed by atoms with Crippen molar-refractivity contribution in [2.75, 3.05) is 5.75 Å². The van der Waals surface area contributed by atoms with Gasteiger partial charge >= 0.3 is 11.7 Å². The Hall–Kier alpha value is -1.23. The largest absolute Gasteiger partial charge is 0.617 e. The third kappa shape index (κ3) is 2.38. The zero-order valence-electron chi connectivity index (χ0n) is 7.77. The molecule has 1 heterocycles. The summed E-state index contributed by atoms with van der Waals surface area (Å²) < 4.78 is 0.461. The van der Waals surface area contributed by atoms with E-state index in [1.165, 1.54) is 17.8 Å². The first-order valence-corrected chi connectivity index (χ1v) is 5.24. The second-order valence-electron chi connectivity index (χ2n) is 2.70. The topological polar surface area (TPSA) is 64.2 Å². The van der Waals surface area contributed by atoms with Crippen LogP contribution < -0.4 is 4.73 Å². The average Bonchev–Trinajstić information content (AvgIpc) is 2.16. The zero-order chi connectivity index (χ0) is 10.6. The van der Waals surface area contributed by atoms with E-state index in [9.17, 15) is 10.0 Å². The minimum Gasteiger partial charge on any atom is -0.617 e. The number of hydrogen-bond donors (Lipinski definition) is 1. The number of rotatable bonds is 4. The van der Waals surface area contributed by atoms with Crippen LogP contribution in [0, 0.1) is 5.21 Å². The summed E-state index contributed by atoms with van der Waals surface area (Å²) in [6, 6.07) is 4.50. The van der Waals surface area contributed by atoms with Crippen molar-refractivity contribution >= 4 is 17.7 Å². The van der Waals surface area contributed by atoms with Crippen molar-refractivity contribution in [3.8, 4) is 0 Å². The summed E-state index contributed by atoms with van der Waals surface area (Å²) in [4.78, 5) is 10.6. The van der Waals surface area contributed by atoms with E-state index in [0.29, 0.717) is 9.76 Å². The van der Waals surface area contributed by atoms with Crippen LogP contribution in [0.25, 0.3) is 0 Å². The van der Waals surface area contributed by atoms with E-state index in [4.69, 9.17) is 5.11 Å². The molecule has 0 bridgehead atoms. The quantitative estimate of drug-likeness (QED) is 0.468. The molecule has 0 aliphatic rings. The predicted octanol–water partition coefficient (Wildman–Crippen LogP) is 1.52. The van der Waals surface area contributed by atoms with Gasteiger partial charge in [0.2, 0.25) is 0 Å². The Bertz CT molecular complexity index is 341. The van der Waals surface area contributed by atoms with Gasteiger partial charge in [-0.25, -0.2) is 4.79 Å². The molecule has 4 nitrogen and oxygen atoms in total. The van der Waals surface area contributed by atoms with Crippen molar-refractivity contribution in [1.29, 1.82) is 0 Å². The van der Waals surface area contributed by atoms with Gasteiger partial charge in [-0.05, 0) is 12.5 Å². The highest BCUT2D eigenvalue weighted by atomic mass is 32.2. The second kappa shape index (κ2) is 4.85. The summed E-state index contributed by atoms with van der Waals surface area (Å²) in [5.41, 5.74) is -0.230. The van der Waals surface area contributed by atoms with Crippen molar-refractivity contribution in [3.05, 3.63) is 29.1 Å². The van der Waals surface area contributed by atoms with Gasteiger partial charge in [0.25, 0.3) is 5.03 Å². The van der Waals surface area contributed by atoms with Gasteiger partial charge < -0.3 is 10.3 Å². The van der Waals surface area contributed by atoms with Crippen LogP contribution in [0.1, 0.15) is 23.8 Å². The summed E-state index contributed by atoms with van der Waals surface area (Å²) in [6.45, 7) is 2.00. The molecular weight excluding hydrogens is 202 g/mol. The maximum atomic E-state index is 11.4. The molecule has 76 valence electrons. The van der Waals surface area contributed by atoms with Crippen LogP contribution in [0.4, 0.5) is 0 Å². The molecule has 0 aliphatic heterocycles. The molecule has 0 fully saturated rings. The van der Waals surface area contributed by atoms with Gasteiger partial charge in [-0.1, -0.05) is 18.7 Å². The minimum atomic E-state index is -1.20. The van der Waals surface area contributed by atoms with Crippen LogP contribution >= 0.6 is 11.8 Å². The number of hydrogen-bond acceptors (Lipinski definition) is 3. The number of carboxylic acid groups (broad SMARTS) is 1. The number of pyridine rings is 1. The predicted molar refractivity (Wildman–Crippen MR) is 53.4 cm³/mol. The number of carbonyl (C=O) groups is 1. The molecule has 0 aliphatic carbocycles. The Labute approximate surface area is 86.1 Å². The van der Waals surface area contributed by atoms with E-state index in [0.717, 1.165) is 12.2 Å². The monoisotopic (exact) mass is 213 g/mol. The molecule has 1 aromatic rings. The van der Waals surface area contributed by atoms with Crippen LogP contribution in [0.3, 0.4) is 0 Å². The molecule has 1 N–H and O–H groups in total. The van der Waals surface area contributed by atoms with E-state index in [1.54, 1.807) is 12.1 Å². The molecule has 0 unspecified atom stereocenters. The van der Waals surface area contributed by atoms with Gasteiger partial charge in [-0.15, -0.1) is 0 Å². The van der Waals surface area contributed by atoms with Crippen LogP contribution in [-0.4, -0.2) is 16.8 Å². The minimum absolute atomic E-state index is 0.230. The molecule has 0 saturated heterocycles. The molecule has 0 atom stereocenters. The Morgan fingerprint density at radius 1 is 1.64 bits per heavy atom. The molecular formula is C9H11NO3S. The smallest absolute Gasteiger partial charge is 0.402 e. The first-order valence-electron chi connectivity index (χ1n) is 4.25. The first kappa shape index (κ1) is 10.8. The number of aromatic nitrogens is 1. The fourth-order valence-electron chi connectivity index (χ4n) is 0.947. The van der Waals surface area contributed by atoms with Crippen molar-refractivity contribution in [1.82, 2.24) is 0 Å². The lowest BCUT2D eigenvalue weighted by Crippen LogP contribution is -2.36. The van der Waals surface area contributed by atoms with Crippen LogP contribution in [0.5, 0.6) is 0 Å². The van der Waals surface area contributed by atoms with Gasteiger partial charge in [0, 0.05) is 17.9 Å². The number of thioether (sulfide) groups is 1. The second-order valence-corrected chi connectivity index (χ2v) is 3.81. The fraction of sp³-hybridized carbons (Fsp3) is 0.333. The van der Waals surface area contributed by atoms with E-state index < -0.39 is 5.97 Å². The normalized spacial score (nSPS) is 10.1. The third-order valence-corrected chi connectivity index (χ3v) is 2.80. The summed E-state index contributed by atoms with van der Waals surface area (Å²) in [5, 5.41) is 20.6. The van der Waals surface area contributed by atoms with Gasteiger partial charge in [0.1, 0.15) is 0 Å². The number of carboxylic acids is 1. The Balaban J connectivity index is 2.95. The highest BCUT2D eigenvalue weighted by Crippen LogP contribution is 2.14. The molecule has 0 saturated carbocycles. The van der Waals surface area contributed by atoms with Gasteiger partial charge in [-0.2, -0.15) is 4.73 Å². The number of aromatic carboxylic acids is 1. The lowest BCUT2D eigenvalue weighted by Gasteiger charge is -2.04. The highest BCUT2D eigenvalue weighted by Gasteiger charge is 2.17. The average molecular weight is 213 g/mol. The maximum absolute atomic E-state index is 11.4. The molecule has 0 radical (unpaired) electrons. The fourth-order valence-corrected chi connectivity index (χ4v) is 1.75. The molecule has 0 aromatic carbocycles. The highest BCUT2D eigenvalue weighted by molar-refractivity contribution is 7.99. The Kier molecular flexibility index (Phi) is 3.76. The van der Waals surface area contributed by atoms with Gasteiger partial charge in [0.15, 0.2) is 0 Å². The summed E-state index contributed by atoms with van der Waals surface area (Å²) in [7, 11) is 0. The lowest BCUT2D eigenvalue weighted by molar-refractivity contribution is -0.648. The Morgan fingerprint density at radius 2 is 2.36 bits per heavy atom. The molecule has 14 heavy (non-hydrogen) atoms. The molecule has 0 amide bonds. The van der Waals surface area contributed by atoms with E-state index in [1.807, 2.05) is 6.92 Å². The summed E-state index contributed by atoms with van der Waals surface area (Å²) >= 11 is 1.37. The van der Waals surface area contributed by atoms with Crippen molar-refractivity contribution < 1.29 is 14.6 Å². The van der Waals surface area contributed by atoms with E-state index >= 15 is 0 Å². The standard InChI is InChI=1S/C9H11NO3S/c1-2-6-14-8-5-3-4-7(9(11)12)10(8)13/h3-5H,2,6H2,1H3,(H,11,12). The van der Waals surface area contributed by atoms with Gasteiger partial charge in [0.05, 0.1) is 0 Å². The molecule has 5 heteroatoms. The third-order valence-electron chi connectivity index (χ3n) is 1.59. The first-order chi connectivity index (χ1) is 6.66. The van der Waals surface area contributed by atoms with Crippen molar-refractivity contribution in [3.63, 3.8) is 0 Å². The lowest BCUT2D eigenvalue weighted by atomic mass is 10.3. The van der Waals surface area contributed by atoms with Crippen LogP contribution in [-0.2, 0) is 0 Å². The van der Waals surface area contributed by atoms with Crippen LogP contribution in [0.15, 0.2) is 23.2 Å².